The van der Waals surface area contributed by atoms with Crippen molar-refractivity contribution in [2.45, 2.75) is 38.5 Å². The minimum Gasteiger partial charge on any atom is -0.465 e. The van der Waals surface area contributed by atoms with Gasteiger partial charge < -0.3 is 14.9 Å². The number of alkyl halides is 6. The maximum atomic E-state index is 12.2. The molecule has 0 aliphatic carbocycles. The average molecular weight is 291 g/mol. The van der Waals surface area contributed by atoms with Gasteiger partial charge in [0.05, 0.1) is 13.2 Å². The van der Waals surface area contributed by atoms with Crippen LogP contribution in [-0.4, -0.2) is 18.5 Å². The van der Waals surface area contributed by atoms with E-state index in [4.69, 9.17) is 10.2 Å². The standard InChI is InChI=1S/C10H11F6NO2/c1-5-6(2-7(3-17)19-5)4-18-8(9(11,12)13)10(14,15)16/h2,8H,3-4,17H2,1H3. The Bertz CT molecular complexity index is 409. The van der Waals surface area contributed by atoms with E-state index >= 15 is 0 Å². The fourth-order valence-electron chi connectivity index (χ4n) is 1.38. The summed E-state index contributed by atoms with van der Waals surface area (Å²) in [5, 5.41) is 0. The summed E-state index contributed by atoms with van der Waals surface area (Å²) in [4.78, 5) is 0. The fraction of sp³-hybridized carbons (Fsp3) is 0.600. The lowest BCUT2D eigenvalue weighted by Crippen LogP contribution is -2.44. The summed E-state index contributed by atoms with van der Waals surface area (Å²) < 4.78 is 82.2. The molecule has 1 rings (SSSR count). The molecule has 1 aromatic rings. The fourth-order valence-corrected chi connectivity index (χ4v) is 1.38. The van der Waals surface area contributed by atoms with Gasteiger partial charge in [-0.1, -0.05) is 0 Å². The highest BCUT2D eigenvalue weighted by molar-refractivity contribution is 5.19. The topological polar surface area (TPSA) is 48.4 Å². The molecule has 0 fully saturated rings. The van der Waals surface area contributed by atoms with Crippen molar-refractivity contribution in [2.24, 2.45) is 5.73 Å². The van der Waals surface area contributed by atoms with Crippen LogP contribution in [-0.2, 0) is 17.9 Å². The van der Waals surface area contributed by atoms with Crippen LogP contribution in [0.4, 0.5) is 26.3 Å². The zero-order valence-electron chi connectivity index (χ0n) is 9.73. The molecule has 0 aliphatic heterocycles. The average Bonchev–Trinajstić information content (AvgIpc) is 2.56. The minimum atomic E-state index is -5.52. The van der Waals surface area contributed by atoms with Crippen molar-refractivity contribution in [3.05, 3.63) is 23.2 Å². The summed E-state index contributed by atoms with van der Waals surface area (Å²) in [6.07, 6.45) is -14.9. The molecule has 0 aliphatic rings. The number of furan rings is 1. The molecule has 110 valence electrons. The highest BCUT2D eigenvalue weighted by Crippen LogP contribution is 2.36. The van der Waals surface area contributed by atoms with Crippen molar-refractivity contribution in [1.82, 2.24) is 0 Å². The second-order valence-corrected chi connectivity index (χ2v) is 3.77. The van der Waals surface area contributed by atoms with Gasteiger partial charge in [0.1, 0.15) is 11.5 Å². The van der Waals surface area contributed by atoms with Crippen LogP contribution in [0.2, 0.25) is 0 Å². The molecule has 0 bridgehead atoms. The van der Waals surface area contributed by atoms with Gasteiger partial charge >= 0.3 is 12.4 Å². The summed E-state index contributed by atoms with van der Waals surface area (Å²) in [6, 6.07) is 1.26. The number of ether oxygens (including phenoxy) is 1. The Morgan fingerprint density at radius 1 is 1.21 bits per heavy atom. The van der Waals surface area contributed by atoms with E-state index in [1.54, 1.807) is 0 Å². The maximum Gasteiger partial charge on any atom is 0.423 e. The molecule has 2 N–H and O–H groups in total. The molecule has 0 amide bonds. The van der Waals surface area contributed by atoms with E-state index in [1.807, 2.05) is 0 Å². The Kier molecular flexibility index (Phi) is 4.51. The van der Waals surface area contributed by atoms with Crippen LogP contribution in [0.1, 0.15) is 17.1 Å². The van der Waals surface area contributed by atoms with Crippen molar-refractivity contribution < 1.29 is 35.5 Å². The molecule has 0 spiro atoms. The van der Waals surface area contributed by atoms with Crippen molar-refractivity contribution in [1.29, 1.82) is 0 Å². The third kappa shape index (κ3) is 4.13. The predicted octanol–water partition coefficient (Wildman–Crippen LogP) is 3.06. The number of rotatable bonds is 4. The summed E-state index contributed by atoms with van der Waals surface area (Å²) in [6.45, 7) is 0.524. The van der Waals surface area contributed by atoms with Gasteiger partial charge in [-0.15, -0.1) is 0 Å². The van der Waals surface area contributed by atoms with E-state index in [0.717, 1.165) is 0 Å². The van der Waals surface area contributed by atoms with Crippen molar-refractivity contribution in [3.63, 3.8) is 0 Å². The third-order valence-corrected chi connectivity index (χ3v) is 2.27. The lowest BCUT2D eigenvalue weighted by Gasteiger charge is -2.22. The molecule has 0 unspecified atom stereocenters. The summed E-state index contributed by atoms with van der Waals surface area (Å²) in [5.74, 6) is 0.426. The van der Waals surface area contributed by atoms with E-state index in [-0.39, 0.29) is 23.6 Å². The van der Waals surface area contributed by atoms with Gasteiger partial charge in [-0.25, -0.2) is 0 Å². The summed E-state index contributed by atoms with van der Waals surface area (Å²) in [5.41, 5.74) is 5.33. The van der Waals surface area contributed by atoms with Gasteiger partial charge in [-0.3, -0.25) is 0 Å². The first-order valence-electron chi connectivity index (χ1n) is 5.09. The van der Waals surface area contributed by atoms with E-state index < -0.39 is 25.1 Å². The van der Waals surface area contributed by atoms with Gasteiger partial charge in [-0.2, -0.15) is 26.3 Å². The minimum absolute atomic E-state index is 0.0111. The largest absolute Gasteiger partial charge is 0.465 e. The molecule has 9 heteroatoms. The number of aryl methyl sites for hydroxylation is 1. The molecular weight excluding hydrogens is 280 g/mol. The molecule has 0 saturated heterocycles. The van der Waals surface area contributed by atoms with Crippen LogP contribution in [0.5, 0.6) is 0 Å². The number of hydrogen-bond acceptors (Lipinski definition) is 3. The number of halogens is 6. The van der Waals surface area contributed by atoms with Crippen molar-refractivity contribution in [3.8, 4) is 0 Å². The van der Waals surface area contributed by atoms with Crippen LogP contribution < -0.4 is 5.73 Å². The highest BCUT2D eigenvalue weighted by atomic mass is 19.4. The lowest BCUT2D eigenvalue weighted by molar-refractivity contribution is -0.324. The Morgan fingerprint density at radius 2 is 1.74 bits per heavy atom. The van der Waals surface area contributed by atoms with Gasteiger partial charge in [0.25, 0.3) is 0 Å². The van der Waals surface area contributed by atoms with Gasteiger partial charge in [0, 0.05) is 5.56 Å². The molecule has 3 nitrogen and oxygen atoms in total. The Balaban J connectivity index is 2.79. The van der Waals surface area contributed by atoms with E-state index in [9.17, 15) is 26.3 Å². The van der Waals surface area contributed by atoms with Gasteiger partial charge in [0.15, 0.2) is 0 Å². The van der Waals surface area contributed by atoms with Gasteiger partial charge in [-0.05, 0) is 13.0 Å². The molecule has 0 atom stereocenters. The Morgan fingerprint density at radius 3 is 2.11 bits per heavy atom. The van der Waals surface area contributed by atoms with Crippen LogP contribution >= 0.6 is 0 Å². The van der Waals surface area contributed by atoms with Crippen LogP contribution in [0.25, 0.3) is 0 Å². The zero-order chi connectivity index (χ0) is 14.8. The monoisotopic (exact) mass is 291 g/mol. The molecule has 19 heavy (non-hydrogen) atoms. The second kappa shape index (κ2) is 5.41. The first kappa shape index (κ1) is 15.8. The summed E-state index contributed by atoms with van der Waals surface area (Å²) >= 11 is 0. The SMILES string of the molecule is Cc1oc(CN)cc1COC(C(F)(F)F)C(F)(F)F. The van der Waals surface area contributed by atoms with Crippen LogP contribution in [0.3, 0.4) is 0 Å². The van der Waals surface area contributed by atoms with Crippen LogP contribution in [0.15, 0.2) is 10.5 Å². The normalized spacial score (nSPS) is 13.3. The quantitative estimate of drug-likeness (QED) is 0.867. The third-order valence-electron chi connectivity index (χ3n) is 2.27. The van der Waals surface area contributed by atoms with E-state index in [0.29, 0.717) is 0 Å². The molecule has 0 radical (unpaired) electrons. The summed E-state index contributed by atoms with van der Waals surface area (Å²) in [7, 11) is 0. The first-order chi connectivity index (χ1) is 8.55. The molecule has 1 heterocycles. The predicted molar refractivity (Wildman–Crippen MR) is 52.0 cm³/mol. The van der Waals surface area contributed by atoms with E-state index in [2.05, 4.69) is 4.74 Å². The first-order valence-corrected chi connectivity index (χ1v) is 5.09. The number of hydrogen-bond donors (Lipinski definition) is 1. The van der Waals surface area contributed by atoms with Crippen LogP contribution in [0, 0.1) is 6.92 Å². The lowest BCUT2D eigenvalue weighted by atomic mass is 10.2. The number of nitrogens with two attached hydrogens (primary N) is 1. The maximum absolute atomic E-state index is 12.2. The second-order valence-electron chi connectivity index (χ2n) is 3.77. The van der Waals surface area contributed by atoms with Crippen molar-refractivity contribution in [2.75, 3.05) is 0 Å². The Hall–Kier alpha value is -1.22. The zero-order valence-corrected chi connectivity index (χ0v) is 9.73. The van der Waals surface area contributed by atoms with Crippen molar-refractivity contribution >= 4 is 0 Å². The van der Waals surface area contributed by atoms with E-state index in [1.165, 1.54) is 13.0 Å². The molecule has 1 aromatic heterocycles. The molecular formula is C10H11F6NO2. The highest BCUT2D eigenvalue weighted by Gasteiger charge is 2.58. The Labute approximate surface area is 104 Å². The molecule has 0 aromatic carbocycles. The van der Waals surface area contributed by atoms with Gasteiger partial charge in [0.2, 0.25) is 6.10 Å². The smallest absolute Gasteiger partial charge is 0.423 e. The molecule has 0 saturated carbocycles.